The second-order valence-electron chi connectivity index (χ2n) is 5.35. The summed E-state index contributed by atoms with van der Waals surface area (Å²) in [6.07, 6.45) is 0.917. The molecule has 0 aliphatic heterocycles. The molecule has 0 radical (unpaired) electrons. The molecule has 0 fully saturated rings. The molecule has 0 spiro atoms. The quantitative estimate of drug-likeness (QED) is 0.529. The van der Waals surface area contributed by atoms with E-state index in [2.05, 4.69) is 22.8 Å². The number of nitrogens with one attached hydrogen (secondary N) is 2. The average molecular weight is 360 g/mol. The summed E-state index contributed by atoms with van der Waals surface area (Å²) in [7, 11) is 3.21. The van der Waals surface area contributed by atoms with Gasteiger partial charge in [0.15, 0.2) is 0 Å². The van der Waals surface area contributed by atoms with Crippen molar-refractivity contribution in [2.24, 2.45) is 0 Å². The van der Waals surface area contributed by atoms with Crippen LogP contribution in [-0.2, 0) is 6.54 Å². The number of methoxy groups -OCH3 is 2. The lowest BCUT2D eigenvalue weighted by atomic mass is 10.2. The Kier molecular flexibility index (Phi) is 7.98. The van der Waals surface area contributed by atoms with Crippen molar-refractivity contribution in [3.05, 3.63) is 54.1 Å². The lowest BCUT2D eigenvalue weighted by Gasteiger charge is -2.10. The molecule has 0 aliphatic rings. The standard InChI is InChI=1S/C19H24N2O3S/c1-23-16-11-15(12-17(13-16)24-2)14-21-19(22)20-9-6-10-25-18-7-4-3-5-8-18/h3-5,7-8,11-13H,6,9-10,14H2,1-2H3,(H2,20,21,22). The van der Waals surface area contributed by atoms with Crippen LogP contribution in [-0.4, -0.2) is 32.5 Å². The molecule has 5 nitrogen and oxygen atoms in total. The van der Waals surface area contributed by atoms with E-state index in [1.165, 1.54) is 4.90 Å². The Morgan fingerprint density at radius 3 is 2.32 bits per heavy atom. The van der Waals surface area contributed by atoms with Crippen molar-refractivity contribution in [2.45, 2.75) is 17.9 Å². The highest BCUT2D eigenvalue weighted by Crippen LogP contribution is 2.22. The third-order valence-corrected chi connectivity index (χ3v) is 4.58. The molecule has 2 aromatic carbocycles. The zero-order valence-corrected chi connectivity index (χ0v) is 15.4. The van der Waals surface area contributed by atoms with E-state index in [9.17, 15) is 4.79 Å². The van der Waals surface area contributed by atoms with Crippen LogP contribution in [0, 0.1) is 0 Å². The summed E-state index contributed by atoms with van der Waals surface area (Å²) in [5.41, 5.74) is 0.922. The van der Waals surface area contributed by atoms with Crippen LogP contribution in [0.25, 0.3) is 0 Å². The van der Waals surface area contributed by atoms with Gasteiger partial charge in [0.1, 0.15) is 11.5 Å². The van der Waals surface area contributed by atoms with Gasteiger partial charge in [0.25, 0.3) is 0 Å². The summed E-state index contributed by atoms with van der Waals surface area (Å²) in [5, 5.41) is 5.71. The first-order valence-corrected chi connectivity index (χ1v) is 9.11. The molecule has 0 heterocycles. The second-order valence-corrected chi connectivity index (χ2v) is 6.51. The number of benzene rings is 2. The first-order valence-electron chi connectivity index (χ1n) is 8.13. The van der Waals surface area contributed by atoms with Gasteiger partial charge >= 0.3 is 6.03 Å². The molecular weight excluding hydrogens is 336 g/mol. The molecule has 0 atom stereocenters. The number of hydrogen-bond donors (Lipinski definition) is 2. The molecule has 2 N–H and O–H groups in total. The zero-order chi connectivity index (χ0) is 17.9. The molecule has 0 unspecified atom stereocenters. The summed E-state index contributed by atoms with van der Waals surface area (Å²) in [5.74, 6) is 2.38. The maximum atomic E-state index is 11.9. The zero-order valence-electron chi connectivity index (χ0n) is 14.6. The van der Waals surface area contributed by atoms with Crippen LogP contribution in [0.4, 0.5) is 4.79 Å². The molecule has 0 bridgehead atoms. The first-order chi connectivity index (χ1) is 12.2. The van der Waals surface area contributed by atoms with E-state index < -0.39 is 0 Å². The van der Waals surface area contributed by atoms with Gasteiger partial charge in [0, 0.05) is 24.1 Å². The fourth-order valence-electron chi connectivity index (χ4n) is 2.19. The van der Waals surface area contributed by atoms with E-state index in [4.69, 9.17) is 9.47 Å². The summed E-state index contributed by atoms with van der Waals surface area (Å²) in [6, 6.07) is 15.6. The molecule has 6 heteroatoms. The molecule has 134 valence electrons. The SMILES string of the molecule is COc1cc(CNC(=O)NCCCSc2ccccc2)cc(OC)c1. The highest BCUT2D eigenvalue weighted by molar-refractivity contribution is 7.99. The minimum atomic E-state index is -0.175. The van der Waals surface area contributed by atoms with Gasteiger partial charge in [-0.2, -0.15) is 0 Å². The number of rotatable bonds is 9. The van der Waals surface area contributed by atoms with Gasteiger partial charge in [-0.05, 0) is 42.0 Å². The topological polar surface area (TPSA) is 59.6 Å². The third-order valence-electron chi connectivity index (χ3n) is 3.48. The predicted octanol–water partition coefficient (Wildman–Crippen LogP) is 3.69. The molecule has 0 aromatic heterocycles. The lowest BCUT2D eigenvalue weighted by Crippen LogP contribution is -2.35. The minimum Gasteiger partial charge on any atom is -0.497 e. The van der Waals surface area contributed by atoms with Gasteiger partial charge in [0.2, 0.25) is 0 Å². The molecule has 0 saturated heterocycles. The van der Waals surface area contributed by atoms with Crippen LogP contribution in [0.5, 0.6) is 11.5 Å². The number of urea groups is 1. The summed E-state index contributed by atoms with van der Waals surface area (Å²) >= 11 is 1.79. The van der Waals surface area contributed by atoms with Crippen LogP contribution >= 0.6 is 11.8 Å². The van der Waals surface area contributed by atoms with Crippen molar-refractivity contribution in [3.8, 4) is 11.5 Å². The van der Waals surface area contributed by atoms with E-state index in [-0.39, 0.29) is 6.03 Å². The van der Waals surface area contributed by atoms with E-state index in [0.717, 1.165) is 17.7 Å². The average Bonchev–Trinajstić information content (AvgIpc) is 2.66. The number of amides is 2. The molecule has 0 aliphatic carbocycles. The molecule has 25 heavy (non-hydrogen) atoms. The Hall–Kier alpha value is -2.34. The van der Waals surface area contributed by atoms with Crippen LogP contribution in [0.15, 0.2) is 53.4 Å². The van der Waals surface area contributed by atoms with Crippen LogP contribution in [0.3, 0.4) is 0 Å². The number of ether oxygens (including phenoxy) is 2. The Morgan fingerprint density at radius 1 is 1.00 bits per heavy atom. The number of hydrogen-bond acceptors (Lipinski definition) is 4. The summed E-state index contributed by atoms with van der Waals surface area (Å²) in [6.45, 7) is 1.06. The smallest absolute Gasteiger partial charge is 0.315 e. The van der Waals surface area contributed by atoms with Crippen LogP contribution in [0.2, 0.25) is 0 Å². The van der Waals surface area contributed by atoms with Crippen LogP contribution < -0.4 is 20.1 Å². The Morgan fingerprint density at radius 2 is 1.68 bits per heavy atom. The lowest BCUT2D eigenvalue weighted by molar-refractivity contribution is 0.240. The van der Waals surface area contributed by atoms with Gasteiger partial charge < -0.3 is 20.1 Å². The van der Waals surface area contributed by atoms with Crippen molar-refractivity contribution in [1.82, 2.24) is 10.6 Å². The normalized spacial score (nSPS) is 10.2. The van der Waals surface area contributed by atoms with E-state index in [1.54, 1.807) is 32.0 Å². The molecular formula is C19H24N2O3S. The van der Waals surface area contributed by atoms with Crippen LogP contribution in [0.1, 0.15) is 12.0 Å². The van der Waals surface area contributed by atoms with Crippen molar-refractivity contribution >= 4 is 17.8 Å². The summed E-state index contributed by atoms with van der Waals surface area (Å²) < 4.78 is 10.4. The Labute approximate surface area is 153 Å². The highest BCUT2D eigenvalue weighted by Gasteiger charge is 2.04. The molecule has 2 rings (SSSR count). The first kappa shape index (κ1) is 19.0. The molecule has 2 aromatic rings. The maximum absolute atomic E-state index is 11.9. The monoisotopic (exact) mass is 360 g/mol. The second kappa shape index (κ2) is 10.5. The van der Waals surface area contributed by atoms with Crippen molar-refractivity contribution < 1.29 is 14.3 Å². The van der Waals surface area contributed by atoms with Gasteiger partial charge in [-0.15, -0.1) is 11.8 Å². The maximum Gasteiger partial charge on any atom is 0.315 e. The number of thioether (sulfide) groups is 1. The third kappa shape index (κ3) is 6.97. The van der Waals surface area contributed by atoms with E-state index >= 15 is 0 Å². The van der Waals surface area contributed by atoms with E-state index in [1.807, 2.05) is 30.3 Å². The number of carbonyl (C=O) groups is 1. The Balaban J connectivity index is 1.65. The Bertz CT molecular complexity index is 643. The molecule has 0 saturated carbocycles. The fraction of sp³-hybridized carbons (Fsp3) is 0.316. The number of carbonyl (C=O) groups excluding carboxylic acids is 1. The largest absolute Gasteiger partial charge is 0.497 e. The van der Waals surface area contributed by atoms with Crippen molar-refractivity contribution in [3.63, 3.8) is 0 Å². The predicted molar refractivity (Wildman–Crippen MR) is 102 cm³/mol. The molecule has 2 amide bonds. The summed E-state index contributed by atoms with van der Waals surface area (Å²) in [4.78, 5) is 13.1. The fourth-order valence-corrected chi connectivity index (χ4v) is 3.07. The minimum absolute atomic E-state index is 0.175. The van der Waals surface area contributed by atoms with Gasteiger partial charge in [-0.3, -0.25) is 0 Å². The van der Waals surface area contributed by atoms with Gasteiger partial charge in [0.05, 0.1) is 14.2 Å². The van der Waals surface area contributed by atoms with Gasteiger partial charge in [-0.1, -0.05) is 18.2 Å². The van der Waals surface area contributed by atoms with Gasteiger partial charge in [-0.25, -0.2) is 4.79 Å². The van der Waals surface area contributed by atoms with Crippen molar-refractivity contribution in [1.29, 1.82) is 0 Å². The van der Waals surface area contributed by atoms with Crippen molar-refractivity contribution in [2.75, 3.05) is 26.5 Å². The van der Waals surface area contributed by atoms with E-state index in [0.29, 0.717) is 24.6 Å². The highest BCUT2D eigenvalue weighted by atomic mass is 32.2.